The molecule has 196 valence electrons. The monoisotopic (exact) mass is 526 g/mol. The Labute approximate surface area is 215 Å². The smallest absolute Gasteiger partial charge is 0.416 e. The number of aromatic nitrogens is 1. The van der Waals surface area contributed by atoms with E-state index < -0.39 is 22.4 Å². The zero-order valence-corrected chi connectivity index (χ0v) is 20.3. The molecule has 0 aliphatic carbocycles. The summed E-state index contributed by atoms with van der Waals surface area (Å²) in [5.41, 5.74) is 4.12. The minimum Gasteiger partial charge on any atom is -0.489 e. The number of halogens is 4. The molecule has 1 aromatic heterocycles. The highest BCUT2D eigenvalue weighted by molar-refractivity contribution is 5.83. The zero-order valence-electron chi connectivity index (χ0n) is 20.3. The lowest BCUT2D eigenvalue weighted by molar-refractivity contribution is -0.384. The maximum atomic E-state index is 13.8. The second-order valence-corrected chi connectivity index (χ2v) is 8.39. The van der Waals surface area contributed by atoms with Crippen LogP contribution in [0.25, 0.3) is 5.69 Å². The second-order valence-electron chi connectivity index (χ2n) is 8.39. The van der Waals surface area contributed by atoms with E-state index in [1.165, 1.54) is 12.3 Å². The highest BCUT2D eigenvalue weighted by Crippen LogP contribution is 2.35. The predicted octanol–water partition coefficient (Wildman–Crippen LogP) is 7.19. The normalized spacial score (nSPS) is 11.6. The van der Waals surface area contributed by atoms with Crippen molar-refractivity contribution >= 4 is 17.6 Å². The van der Waals surface area contributed by atoms with Crippen molar-refractivity contribution in [2.75, 3.05) is 5.43 Å². The van der Waals surface area contributed by atoms with Crippen LogP contribution < -0.4 is 10.2 Å². The first-order valence-electron chi connectivity index (χ1n) is 11.3. The standard InChI is InChI=1S/C27H22F4N4O3/c1-17-13-20(15-32-33-25-12-7-21(27(29,30)31)14-26(25)35(36)37)18(2)34(17)22-8-10-23(11-9-22)38-16-19-5-3-4-6-24(19)28/h3-15,33H,16H2,1-2H3/b32-15-. The maximum absolute atomic E-state index is 13.8. The van der Waals surface area contributed by atoms with Crippen LogP contribution in [0.4, 0.5) is 28.9 Å². The number of nitro groups is 1. The Bertz CT molecular complexity index is 1500. The highest BCUT2D eigenvalue weighted by atomic mass is 19.4. The fraction of sp³-hybridized carbons (Fsp3) is 0.148. The molecule has 0 amide bonds. The van der Waals surface area contributed by atoms with Gasteiger partial charge in [0.25, 0.3) is 5.69 Å². The van der Waals surface area contributed by atoms with Crippen molar-refractivity contribution in [3.63, 3.8) is 0 Å². The molecule has 0 saturated heterocycles. The fourth-order valence-electron chi connectivity index (χ4n) is 3.91. The lowest BCUT2D eigenvalue weighted by Gasteiger charge is -2.12. The minimum absolute atomic E-state index is 0.0955. The van der Waals surface area contributed by atoms with E-state index in [2.05, 4.69) is 10.5 Å². The van der Waals surface area contributed by atoms with Gasteiger partial charge >= 0.3 is 6.18 Å². The first kappa shape index (κ1) is 26.4. The summed E-state index contributed by atoms with van der Waals surface area (Å²) in [6, 6.07) is 17.7. The van der Waals surface area contributed by atoms with E-state index in [0.717, 1.165) is 29.2 Å². The van der Waals surface area contributed by atoms with Gasteiger partial charge in [-0.05, 0) is 62.4 Å². The van der Waals surface area contributed by atoms with Gasteiger partial charge in [-0.15, -0.1) is 0 Å². The first-order chi connectivity index (χ1) is 18.0. The molecule has 3 aromatic carbocycles. The van der Waals surface area contributed by atoms with Gasteiger partial charge in [-0.3, -0.25) is 15.5 Å². The Morgan fingerprint density at radius 2 is 1.76 bits per heavy atom. The number of benzene rings is 3. The van der Waals surface area contributed by atoms with Crippen LogP contribution in [0.1, 0.15) is 28.1 Å². The van der Waals surface area contributed by atoms with Crippen LogP contribution in [-0.4, -0.2) is 15.7 Å². The molecule has 4 rings (SSSR count). The number of alkyl halides is 3. The summed E-state index contributed by atoms with van der Waals surface area (Å²) < 4.78 is 60.2. The van der Waals surface area contributed by atoms with Gasteiger partial charge in [-0.1, -0.05) is 18.2 Å². The van der Waals surface area contributed by atoms with Crippen LogP contribution in [0.5, 0.6) is 5.75 Å². The predicted molar refractivity (Wildman–Crippen MR) is 135 cm³/mol. The quantitative estimate of drug-likeness (QED) is 0.114. The van der Waals surface area contributed by atoms with Crippen LogP contribution in [-0.2, 0) is 12.8 Å². The van der Waals surface area contributed by atoms with Gasteiger partial charge in [-0.2, -0.15) is 18.3 Å². The van der Waals surface area contributed by atoms with Gasteiger partial charge < -0.3 is 9.30 Å². The second kappa shape index (κ2) is 10.8. The number of ether oxygens (including phenoxy) is 1. The third-order valence-corrected chi connectivity index (χ3v) is 5.83. The molecular weight excluding hydrogens is 504 g/mol. The van der Waals surface area contributed by atoms with Crippen LogP contribution in [0, 0.1) is 29.8 Å². The van der Waals surface area contributed by atoms with E-state index in [1.54, 1.807) is 30.3 Å². The molecule has 0 aliphatic rings. The number of aryl methyl sites for hydroxylation is 1. The van der Waals surface area contributed by atoms with E-state index >= 15 is 0 Å². The molecule has 0 saturated carbocycles. The summed E-state index contributed by atoms with van der Waals surface area (Å²) in [4.78, 5) is 10.4. The molecule has 0 fully saturated rings. The SMILES string of the molecule is Cc1cc(/C=N\Nc2ccc(C(F)(F)F)cc2[N+](=O)[O-])c(C)n1-c1ccc(OCc2ccccc2F)cc1. The van der Waals surface area contributed by atoms with Crippen molar-refractivity contribution in [3.8, 4) is 11.4 Å². The fourth-order valence-corrected chi connectivity index (χ4v) is 3.91. The molecule has 4 aromatic rings. The minimum atomic E-state index is -4.70. The van der Waals surface area contributed by atoms with Crippen molar-refractivity contribution in [3.05, 3.63) is 117 Å². The Hall–Kier alpha value is -4.67. The van der Waals surface area contributed by atoms with Crippen LogP contribution >= 0.6 is 0 Å². The molecule has 0 spiro atoms. The van der Waals surface area contributed by atoms with E-state index in [-0.39, 0.29) is 18.1 Å². The number of nitrogens with zero attached hydrogens (tertiary/aromatic N) is 3. The topological polar surface area (TPSA) is 81.7 Å². The lowest BCUT2D eigenvalue weighted by Crippen LogP contribution is -2.06. The van der Waals surface area contributed by atoms with Gasteiger partial charge in [0.05, 0.1) is 16.7 Å². The number of anilines is 1. The molecule has 0 unspecified atom stereocenters. The van der Waals surface area contributed by atoms with Gasteiger partial charge in [0.2, 0.25) is 0 Å². The van der Waals surface area contributed by atoms with Crippen LogP contribution in [0.2, 0.25) is 0 Å². The number of hydrogen-bond acceptors (Lipinski definition) is 5. The third-order valence-electron chi connectivity index (χ3n) is 5.83. The summed E-state index contributed by atoms with van der Waals surface area (Å²) in [6.45, 7) is 3.84. The first-order valence-corrected chi connectivity index (χ1v) is 11.3. The summed E-state index contributed by atoms with van der Waals surface area (Å²) in [5.74, 6) is 0.239. The number of nitro benzene ring substituents is 1. The van der Waals surface area contributed by atoms with E-state index in [0.29, 0.717) is 22.9 Å². The number of hydrogen-bond donors (Lipinski definition) is 1. The zero-order chi connectivity index (χ0) is 27.4. The maximum Gasteiger partial charge on any atom is 0.416 e. The van der Waals surface area contributed by atoms with Crippen molar-refractivity contribution < 1.29 is 27.2 Å². The molecular formula is C27H22F4N4O3. The Kier molecular flexibility index (Phi) is 7.47. The molecule has 0 atom stereocenters. The average Bonchev–Trinajstić information content (AvgIpc) is 3.16. The Morgan fingerprint density at radius 1 is 1.05 bits per heavy atom. The number of hydrazone groups is 1. The van der Waals surface area contributed by atoms with Crippen molar-refractivity contribution in [2.45, 2.75) is 26.6 Å². The van der Waals surface area contributed by atoms with Crippen molar-refractivity contribution in [1.29, 1.82) is 0 Å². The van der Waals surface area contributed by atoms with E-state index in [4.69, 9.17) is 4.74 Å². The summed E-state index contributed by atoms with van der Waals surface area (Å²) >= 11 is 0. The number of rotatable bonds is 8. The molecule has 0 radical (unpaired) electrons. The molecule has 38 heavy (non-hydrogen) atoms. The third kappa shape index (κ3) is 5.83. The van der Waals surface area contributed by atoms with Gasteiger partial charge in [0.15, 0.2) is 0 Å². The molecule has 11 heteroatoms. The highest BCUT2D eigenvalue weighted by Gasteiger charge is 2.33. The summed E-state index contributed by atoms with van der Waals surface area (Å²) in [7, 11) is 0. The molecule has 0 aliphatic heterocycles. The van der Waals surface area contributed by atoms with Gasteiger partial charge in [-0.25, -0.2) is 4.39 Å². The van der Waals surface area contributed by atoms with E-state index in [9.17, 15) is 27.7 Å². The van der Waals surface area contributed by atoms with E-state index in [1.807, 2.05) is 36.6 Å². The summed E-state index contributed by atoms with van der Waals surface area (Å²) in [5, 5.41) is 15.3. The Balaban J connectivity index is 1.48. The van der Waals surface area contributed by atoms with Crippen LogP contribution in [0.3, 0.4) is 0 Å². The number of nitrogens with one attached hydrogen (secondary N) is 1. The van der Waals surface area contributed by atoms with Crippen molar-refractivity contribution in [2.24, 2.45) is 5.10 Å². The molecule has 0 bridgehead atoms. The van der Waals surface area contributed by atoms with Gasteiger partial charge in [0.1, 0.15) is 23.9 Å². The molecule has 7 nitrogen and oxygen atoms in total. The lowest BCUT2D eigenvalue weighted by atomic mass is 10.1. The molecule has 1 heterocycles. The Morgan fingerprint density at radius 3 is 2.42 bits per heavy atom. The largest absolute Gasteiger partial charge is 0.489 e. The molecule has 1 N–H and O–H groups in total. The average molecular weight is 526 g/mol. The summed E-state index contributed by atoms with van der Waals surface area (Å²) in [6.07, 6.45) is -3.26. The van der Waals surface area contributed by atoms with Crippen LogP contribution in [0.15, 0.2) is 77.9 Å². The van der Waals surface area contributed by atoms with Crippen molar-refractivity contribution in [1.82, 2.24) is 4.57 Å². The van der Waals surface area contributed by atoms with Gasteiger partial charge in [0, 0.05) is 34.3 Å².